The number of hydrogen-bond donors (Lipinski definition) is 1. The van der Waals surface area contributed by atoms with Gasteiger partial charge in [-0.15, -0.1) is 10.2 Å². The van der Waals surface area contributed by atoms with Crippen LogP contribution in [-0.2, 0) is 11.2 Å². The molecular weight excluding hydrogens is 344 g/mol. The maximum Gasteiger partial charge on any atom is 0.234 e. The number of rotatable bonds is 7. The number of anilines is 1. The van der Waals surface area contributed by atoms with Gasteiger partial charge in [0.05, 0.1) is 5.75 Å². The van der Waals surface area contributed by atoms with E-state index in [4.69, 9.17) is 0 Å². The van der Waals surface area contributed by atoms with Crippen LogP contribution >= 0.6 is 11.8 Å². The van der Waals surface area contributed by atoms with E-state index in [0.717, 1.165) is 22.8 Å². The normalized spacial score (nSPS) is 10.9. The second-order valence-corrected chi connectivity index (χ2v) is 7.21. The molecule has 0 saturated heterocycles. The van der Waals surface area contributed by atoms with E-state index in [1.807, 2.05) is 47.0 Å². The zero-order valence-corrected chi connectivity index (χ0v) is 15.7. The van der Waals surface area contributed by atoms with Crippen molar-refractivity contribution in [3.05, 3.63) is 72.1 Å². The molecule has 0 unspecified atom stereocenters. The number of nitrogens with zero attached hydrogens (tertiary/aromatic N) is 3. The molecular formula is C20H22N4OS. The zero-order valence-electron chi connectivity index (χ0n) is 14.9. The number of amides is 1. The molecule has 26 heavy (non-hydrogen) atoms. The topological polar surface area (TPSA) is 59.8 Å². The van der Waals surface area contributed by atoms with Crippen LogP contribution in [0, 0.1) is 0 Å². The lowest BCUT2D eigenvalue weighted by molar-refractivity contribution is -0.113. The minimum absolute atomic E-state index is 0.0474. The van der Waals surface area contributed by atoms with Gasteiger partial charge in [0.2, 0.25) is 5.91 Å². The van der Waals surface area contributed by atoms with E-state index in [-0.39, 0.29) is 11.9 Å². The van der Waals surface area contributed by atoms with Gasteiger partial charge in [0.25, 0.3) is 0 Å². The molecule has 5 nitrogen and oxygen atoms in total. The highest BCUT2D eigenvalue weighted by Gasteiger charge is 2.12. The Labute approximate surface area is 157 Å². The second-order valence-electron chi connectivity index (χ2n) is 6.27. The first-order valence-electron chi connectivity index (χ1n) is 8.57. The third-order valence-corrected chi connectivity index (χ3v) is 4.91. The average Bonchev–Trinajstić information content (AvgIpc) is 3.11. The maximum absolute atomic E-state index is 12.4. The number of carbonyl (C=O) groups excluding carboxylic acids is 1. The Hall–Kier alpha value is -2.60. The third-order valence-electron chi connectivity index (χ3n) is 3.96. The molecule has 0 aliphatic heterocycles. The third kappa shape index (κ3) is 4.73. The summed E-state index contributed by atoms with van der Waals surface area (Å²) in [6, 6.07) is 18.4. The van der Waals surface area contributed by atoms with Crippen LogP contribution in [0.3, 0.4) is 0 Å². The summed E-state index contributed by atoms with van der Waals surface area (Å²) in [6.07, 6.45) is 2.48. The van der Waals surface area contributed by atoms with E-state index in [9.17, 15) is 4.79 Å². The molecule has 1 heterocycles. The van der Waals surface area contributed by atoms with Crippen LogP contribution in [0.5, 0.6) is 0 Å². The van der Waals surface area contributed by atoms with E-state index in [1.54, 1.807) is 6.33 Å². The highest BCUT2D eigenvalue weighted by atomic mass is 32.2. The van der Waals surface area contributed by atoms with Crippen LogP contribution in [0.4, 0.5) is 5.69 Å². The zero-order chi connectivity index (χ0) is 18.4. The molecule has 3 rings (SSSR count). The first-order valence-corrected chi connectivity index (χ1v) is 9.56. The van der Waals surface area contributed by atoms with Crippen molar-refractivity contribution < 1.29 is 4.79 Å². The summed E-state index contributed by atoms with van der Waals surface area (Å²) in [5.41, 5.74) is 3.17. The van der Waals surface area contributed by atoms with Crippen LogP contribution < -0.4 is 5.32 Å². The molecule has 6 heteroatoms. The van der Waals surface area contributed by atoms with Gasteiger partial charge in [-0.25, -0.2) is 0 Å². The van der Waals surface area contributed by atoms with Gasteiger partial charge in [-0.1, -0.05) is 60.3 Å². The number of para-hydroxylation sites is 1. The minimum atomic E-state index is -0.0474. The van der Waals surface area contributed by atoms with Gasteiger partial charge < -0.3 is 9.88 Å². The van der Waals surface area contributed by atoms with Gasteiger partial charge in [-0.3, -0.25) is 4.79 Å². The van der Waals surface area contributed by atoms with Gasteiger partial charge in [-0.05, 0) is 37.5 Å². The Morgan fingerprint density at radius 1 is 1.12 bits per heavy atom. The average molecular weight is 366 g/mol. The summed E-state index contributed by atoms with van der Waals surface area (Å²) in [4.78, 5) is 12.4. The van der Waals surface area contributed by atoms with Crippen molar-refractivity contribution in [3.63, 3.8) is 0 Å². The summed E-state index contributed by atoms with van der Waals surface area (Å²) >= 11 is 1.40. The number of thioether (sulfide) groups is 1. The molecule has 0 aliphatic carbocycles. The Kier molecular flexibility index (Phi) is 6.07. The van der Waals surface area contributed by atoms with Gasteiger partial charge >= 0.3 is 0 Å². The maximum atomic E-state index is 12.4. The van der Waals surface area contributed by atoms with Crippen molar-refractivity contribution in [3.8, 4) is 0 Å². The fourth-order valence-electron chi connectivity index (χ4n) is 2.62. The van der Waals surface area contributed by atoms with Gasteiger partial charge in [-0.2, -0.15) is 0 Å². The number of nitrogens with one attached hydrogen (secondary N) is 1. The van der Waals surface area contributed by atoms with Crippen LogP contribution in [0.25, 0.3) is 0 Å². The first kappa shape index (κ1) is 18.2. The van der Waals surface area contributed by atoms with Crippen molar-refractivity contribution in [2.75, 3.05) is 11.1 Å². The Balaban J connectivity index is 1.63. The molecule has 0 saturated carbocycles. The number of hydrogen-bond acceptors (Lipinski definition) is 4. The monoisotopic (exact) mass is 366 g/mol. The van der Waals surface area contributed by atoms with Gasteiger partial charge in [0, 0.05) is 11.7 Å². The minimum Gasteiger partial charge on any atom is -0.325 e. The van der Waals surface area contributed by atoms with Crippen molar-refractivity contribution >= 4 is 23.4 Å². The molecule has 0 bridgehead atoms. The highest BCUT2D eigenvalue weighted by molar-refractivity contribution is 7.99. The standard InChI is InChI=1S/C20H22N4OS/c1-15(2)24-14-21-23-20(24)26-13-19(25)22-18-11-7-6-10-17(18)12-16-8-4-3-5-9-16/h3-11,14-15H,12-13H2,1-2H3,(H,22,25). The van der Waals surface area contributed by atoms with E-state index in [1.165, 1.54) is 17.3 Å². The fraction of sp³-hybridized carbons (Fsp3) is 0.250. The highest BCUT2D eigenvalue weighted by Crippen LogP contribution is 2.21. The molecule has 0 spiro atoms. The smallest absolute Gasteiger partial charge is 0.234 e. The van der Waals surface area contributed by atoms with E-state index in [0.29, 0.717) is 5.75 Å². The predicted molar refractivity (Wildman–Crippen MR) is 105 cm³/mol. The van der Waals surface area contributed by atoms with Crippen LogP contribution in [0.15, 0.2) is 66.1 Å². The molecule has 134 valence electrons. The molecule has 0 fully saturated rings. The lowest BCUT2D eigenvalue weighted by Crippen LogP contribution is -2.16. The summed E-state index contributed by atoms with van der Waals surface area (Å²) in [5.74, 6) is 0.249. The van der Waals surface area contributed by atoms with Crippen molar-refractivity contribution in [1.29, 1.82) is 0 Å². The Bertz CT molecular complexity index is 861. The summed E-state index contributed by atoms with van der Waals surface area (Å²) < 4.78 is 1.96. The molecule has 2 aromatic carbocycles. The molecule has 0 radical (unpaired) electrons. The fourth-order valence-corrected chi connectivity index (χ4v) is 3.46. The van der Waals surface area contributed by atoms with E-state index >= 15 is 0 Å². The molecule has 1 amide bonds. The molecule has 1 aromatic heterocycles. The van der Waals surface area contributed by atoms with Crippen molar-refractivity contribution in [2.24, 2.45) is 0 Å². The van der Waals surface area contributed by atoms with Gasteiger partial charge in [0.15, 0.2) is 5.16 Å². The van der Waals surface area contributed by atoms with Gasteiger partial charge in [0.1, 0.15) is 6.33 Å². The quantitative estimate of drug-likeness (QED) is 0.637. The van der Waals surface area contributed by atoms with E-state index in [2.05, 4.69) is 41.5 Å². The summed E-state index contributed by atoms with van der Waals surface area (Å²) in [5, 5.41) is 11.8. The summed E-state index contributed by atoms with van der Waals surface area (Å²) in [6.45, 7) is 4.13. The number of carbonyl (C=O) groups is 1. The Morgan fingerprint density at radius 3 is 2.62 bits per heavy atom. The van der Waals surface area contributed by atoms with Crippen molar-refractivity contribution in [1.82, 2.24) is 14.8 Å². The van der Waals surface area contributed by atoms with Crippen molar-refractivity contribution in [2.45, 2.75) is 31.5 Å². The number of aromatic nitrogens is 3. The lowest BCUT2D eigenvalue weighted by atomic mass is 10.0. The SMILES string of the molecule is CC(C)n1cnnc1SCC(=O)Nc1ccccc1Cc1ccccc1. The molecule has 3 aromatic rings. The Morgan fingerprint density at radius 2 is 1.85 bits per heavy atom. The van der Waals surface area contributed by atoms with E-state index < -0.39 is 0 Å². The van der Waals surface area contributed by atoms with Crippen LogP contribution in [0.2, 0.25) is 0 Å². The number of benzene rings is 2. The van der Waals surface area contributed by atoms with Crippen LogP contribution in [-0.4, -0.2) is 26.4 Å². The van der Waals surface area contributed by atoms with Crippen LogP contribution in [0.1, 0.15) is 31.0 Å². The molecule has 0 atom stereocenters. The molecule has 0 aliphatic rings. The lowest BCUT2D eigenvalue weighted by Gasteiger charge is -2.12. The first-order chi connectivity index (χ1) is 12.6. The second kappa shape index (κ2) is 8.67. The molecule has 1 N–H and O–H groups in total. The predicted octanol–water partition coefficient (Wildman–Crippen LogP) is 4.18. The largest absolute Gasteiger partial charge is 0.325 e. The summed E-state index contributed by atoms with van der Waals surface area (Å²) in [7, 11) is 0.